The Bertz CT molecular complexity index is 514. The number of aromatic nitrogens is 2. The maximum Gasteiger partial charge on any atom is 0.241 e. The van der Waals surface area contributed by atoms with E-state index < -0.39 is 5.60 Å². The minimum Gasteiger partial charge on any atom is -0.461 e. The van der Waals surface area contributed by atoms with E-state index in [4.69, 9.17) is 8.94 Å². The molecule has 0 saturated carbocycles. The van der Waals surface area contributed by atoms with Gasteiger partial charge in [-0.1, -0.05) is 12.1 Å². The number of nitrogens with zero attached hydrogens (tertiary/aromatic N) is 3. The molecule has 6 heteroatoms. The molecule has 0 unspecified atom stereocenters. The van der Waals surface area contributed by atoms with Crippen LogP contribution < -0.4 is 0 Å². The monoisotopic (exact) mass is 249 g/mol. The van der Waals surface area contributed by atoms with Gasteiger partial charge in [-0.05, 0) is 18.6 Å². The van der Waals surface area contributed by atoms with E-state index in [-0.39, 0.29) is 0 Å². The van der Waals surface area contributed by atoms with E-state index in [1.165, 1.54) is 0 Å². The van der Waals surface area contributed by atoms with E-state index >= 15 is 0 Å². The minimum absolute atomic E-state index is 0.460. The van der Waals surface area contributed by atoms with Gasteiger partial charge < -0.3 is 14.0 Å². The summed E-state index contributed by atoms with van der Waals surface area (Å²) in [5.74, 6) is 1.60. The Hall–Kier alpha value is -1.66. The van der Waals surface area contributed by atoms with Crippen LogP contribution in [-0.2, 0) is 6.54 Å². The van der Waals surface area contributed by atoms with Crippen LogP contribution in [0.5, 0.6) is 0 Å². The highest BCUT2D eigenvalue weighted by Gasteiger charge is 2.39. The summed E-state index contributed by atoms with van der Waals surface area (Å²) in [6.45, 7) is 3.86. The number of β-amino-alcohol motifs (C(OH)–C–C–N with tert-alkyl or cyclic N) is 1. The zero-order valence-electron chi connectivity index (χ0n) is 10.2. The SMILES string of the molecule is CCC1(O)CN(Cc2nc(-c3ccco3)no2)C1. The number of likely N-dealkylation sites (tertiary alicyclic amines) is 1. The third kappa shape index (κ3) is 2.04. The van der Waals surface area contributed by atoms with Crippen molar-refractivity contribution in [2.24, 2.45) is 0 Å². The molecule has 0 aromatic carbocycles. The predicted octanol–water partition coefficient (Wildman–Crippen LogP) is 1.29. The maximum absolute atomic E-state index is 9.90. The molecule has 2 aromatic heterocycles. The highest BCUT2D eigenvalue weighted by Crippen LogP contribution is 2.25. The van der Waals surface area contributed by atoms with Gasteiger partial charge in [0, 0.05) is 13.1 Å². The average molecular weight is 249 g/mol. The summed E-state index contributed by atoms with van der Waals surface area (Å²) in [5.41, 5.74) is -0.538. The molecule has 0 bridgehead atoms. The summed E-state index contributed by atoms with van der Waals surface area (Å²) in [5, 5.41) is 13.8. The normalized spacial score (nSPS) is 18.8. The lowest BCUT2D eigenvalue weighted by atomic mass is 9.91. The molecule has 0 aliphatic carbocycles. The van der Waals surface area contributed by atoms with Crippen LogP contribution in [0.25, 0.3) is 11.6 Å². The van der Waals surface area contributed by atoms with Crippen molar-refractivity contribution >= 4 is 0 Å². The lowest BCUT2D eigenvalue weighted by Crippen LogP contribution is -2.60. The van der Waals surface area contributed by atoms with Gasteiger partial charge in [-0.2, -0.15) is 4.98 Å². The third-order valence-corrected chi connectivity index (χ3v) is 3.26. The van der Waals surface area contributed by atoms with Gasteiger partial charge in [-0.25, -0.2) is 0 Å². The summed E-state index contributed by atoms with van der Waals surface area (Å²) < 4.78 is 10.3. The van der Waals surface area contributed by atoms with Crippen molar-refractivity contribution in [2.75, 3.05) is 13.1 Å². The van der Waals surface area contributed by atoms with Crippen LogP contribution in [0.1, 0.15) is 19.2 Å². The number of hydrogen-bond acceptors (Lipinski definition) is 6. The van der Waals surface area contributed by atoms with Gasteiger partial charge in [0.05, 0.1) is 18.4 Å². The molecule has 3 rings (SSSR count). The van der Waals surface area contributed by atoms with Crippen molar-refractivity contribution in [1.29, 1.82) is 0 Å². The average Bonchev–Trinajstić information content (AvgIpc) is 2.96. The van der Waals surface area contributed by atoms with Crippen molar-refractivity contribution in [1.82, 2.24) is 15.0 Å². The number of aliphatic hydroxyl groups is 1. The fourth-order valence-electron chi connectivity index (χ4n) is 2.14. The van der Waals surface area contributed by atoms with Crippen molar-refractivity contribution < 1.29 is 14.0 Å². The second-order valence-electron chi connectivity index (χ2n) is 4.71. The summed E-state index contributed by atoms with van der Waals surface area (Å²) >= 11 is 0. The van der Waals surface area contributed by atoms with Crippen LogP contribution in [0.15, 0.2) is 27.3 Å². The molecule has 6 nitrogen and oxygen atoms in total. The van der Waals surface area contributed by atoms with Gasteiger partial charge in [0.1, 0.15) is 0 Å². The molecule has 0 atom stereocenters. The topological polar surface area (TPSA) is 75.5 Å². The molecular formula is C12H15N3O3. The summed E-state index contributed by atoms with van der Waals surface area (Å²) in [4.78, 5) is 6.33. The van der Waals surface area contributed by atoms with Crippen LogP contribution in [-0.4, -0.2) is 38.8 Å². The quantitative estimate of drug-likeness (QED) is 0.879. The molecular weight excluding hydrogens is 234 g/mol. The molecule has 1 fully saturated rings. The Morgan fingerprint density at radius 3 is 3.00 bits per heavy atom. The molecule has 2 aromatic rings. The standard InChI is InChI=1S/C12H15N3O3/c1-2-12(16)7-15(8-12)6-10-13-11(14-18-10)9-4-3-5-17-9/h3-5,16H,2,6-8H2,1H3. The number of hydrogen-bond donors (Lipinski definition) is 1. The van der Waals surface area contributed by atoms with E-state index in [0.29, 0.717) is 37.1 Å². The van der Waals surface area contributed by atoms with Gasteiger partial charge in [-0.15, -0.1) is 0 Å². The Labute approximate surface area is 104 Å². The molecule has 1 N–H and O–H groups in total. The highest BCUT2D eigenvalue weighted by atomic mass is 16.5. The van der Waals surface area contributed by atoms with Crippen molar-refractivity contribution in [3.63, 3.8) is 0 Å². The van der Waals surface area contributed by atoms with Crippen molar-refractivity contribution in [2.45, 2.75) is 25.5 Å². The first-order valence-electron chi connectivity index (χ1n) is 6.00. The molecule has 3 heterocycles. The van der Waals surface area contributed by atoms with E-state index in [1.807, 2.05) is 6.92 Å². The zero-order chi connectivity index (χ0) is 12.6. The van der Waals surface area contributed by atoms with Crippen LogP contribution >= 0.6 is 0 Å². The second-order valence-corrected chi connectivity index (χ2v) is 4.71. The van der Waals surface area contributed by atoms with Crippen molar-refractivity contribution in [3.05, 3.63) is 24.3 Å². The van der Waals surface area contributed by atoms with Gasteiger partial charge >= 0.3 is 0 Å². The first-order valence-corrected chi connectivity index (χ1v) is 6.00. The Balaban J connectivity index is 1.62. The van der Waals surface area contributed by atoms with Gasteiger partial charge in [0.15, 0.2) is 5.76 Å². The number of rotatable bonds is 4. The molecule has 0 spiro atoms. The number of furan rings is 1. The fraction of sp³-hybridized carbons (Fsp3) is 0.500. The van der Waals surface area contributed by atoms with E-state index in [1.54, 1.807) is 18.4 Å². The smallest absolute Gasteiger partial charge is 0.241 e. The highest BCUT2D eigenvalue weighted by molar-refractivity contribution is 5.44. The summed E-state index contributed by atoms with van der Waals surface area (Å²) in [6, 6.07) is 3.57. The van der Waals surface area contributed by atoms with Gasteiger partial charge in [0.25, 0.3) is 0 Å². The first kappa shape index (κ1) is 11.4. The second kappa shape index (κ2) is 4.22. The van der Waals surface area contributed by atoms with E-state index in [0.717, 1.165) is 6.42 Å². The van der Waals surface area contributed by atoms with Crippen LogP contribution in [0.4, 0.5) is 0 Å². The van der Waals surface area contributed by atoms with Gasteiger partial charge in [0.2, 0.25) is 11.7 Å². The lowest BCUT2D eigenvalue weighted by molar-refractivity contribution is -0.106. The van der Waals surface area contributed by atoms with E-state index in [9.17, 15) is 5.11 Å². The summed E-state index contributed by atoms with van der Waals surface area (Å²) in [6.07, 6.45) is 2.34. The predicted molar refractivity (Wildman–Crippen MR) is 62.5 cm³/mol. The first-order chi connectivity index (χ1) is 8.68. The largest absolute Gasteiger partial charge is 0.461 e. The Kier molecular flexibility index (Phi) is 2.68. The van der Waals surface area contributed by atoms with Crippen LogP contribution in [0.3, 0.4) is 0 Å². The molecule has 1 saturated heterocycles. The van der Waals surface area contributed by atoms with Crippen LogP contribution in [0, 0.1) is 0 Å². The fourth-order valence-corrected chi connectivity index (χ4v) is 2.14. The molecule has 18 heavy (non-hydrogen) atoms. The molecule has 0 amide bonds. The van der Waals surface area contributed by atoms with Gasteiger partial charge in [-0.3, -0.25) is 4.90 Å². The minimum atomic E-state index is -0.538. The van der Waals surface area contributed by atoms with E-state index in [2.05, 4.69) is 15.0 Å². The molecule has 1 aliphatic rings. The lowest BCUT2D eigenvalue weighted by Gasteiger charge is -2.45. The summed E-state index contributed by atoms with van der Waals surface area (Å²) in [7, 11) is 0. The van der Waals surface area contributed by atoms with Crippen molar-refractivity contribution in [3.8, 4) is 11.6 Å². The molecule has 96 valence electrons. The molecule has 1 aliphatic heterocycles. The zero-order valence-corrected chi connectivity index (χ0v) is 10.2. The van der Waals surface area contributed by atoms with Crippen LogP contribution in [0.2, 0.25) is 0 Å². The maximum atomic E-state index is 9.90. The molecule has 0 radical (unpaired) electrons. The third-order valence-electron chi connectivity index (χ3n) is 3.26. The Morgan fingerprint density at radius 1 is 1.50 bits per heavy atom. The Morgan fingerprint density at radius 2 is 2.33 bits per heavy atom.